The third-order valence-corrected chi connectivity index (χ3v) is 4.62. The van der Waals surface area contributed by atoms with E-state index in [0.717, 1.165) is 6.42 Å². The minimum absolute atomic E-state index is 0.151. The molecule has 0 spiro atoms. The summed E-state index contributed by atoms with van der Waals surface area (Å²) >= 11 is 0. The second-order valence-corrected chi connectivity index (χ2v) is 6.99. The second kappa shape index (κ2) is 7.78. The average Bonchev–Trinajstić information content (AvgIpc) is 2.65. The number of methoxy groups -OCH3 is 1. The maximum Gasteiger partial charge on any atom is 0.331 e. The molecule has 27 heavy (non-hydrogen) atoms. The Kier molecular flexibility index (Phi) is 5.44. The molecule has 1 heterocycles. The predicted molar refractivity (Wildman–Crippen MR) is 104 cm³/mol. The highest BCUT2D eigenvalue weighted by molar-refractivity contribution is 5.77. The van der Waals surface area contributed by atoms with E-state index in [1.54, 1.807) is 30.3 Å². The van der Waals surface area contributed by atoms with E-state index in [4.69, 9.17) is 4.74 Å². The molecule has 0 saturated carbocycles. The summed E-state index contributed by atoms with van der Waals surface area (Å²) in [6.07, 6.45) is 0.727. The standard InChI is InChI=1S/C21H23FN2O3/c1-14(2)10-11-23-20(25)16-6-4-5-7-18(16)24(21(23)26)13-15-8-9-19(27-3)17(22)12-15/h4-9,12,14H,10-11,13H2,1-3H3. The highest BCUT2D eigenvalue weighted by Gasteiger charge is 2.14. The number of rotatable bonds is 6. The van der Waals surface area contributed by atoms with Crippen molar-refractivity contribution in [3.8, 4) is 5.75 Å². The lowest BCUT2D eigenvalue weighted by Gasteiger charge is -2.15. The Bertz CT molecular complexity index is 1080. The SMILES string of the molecule is COc1ccc(Cn2c(=O)n(CCC(C)C)c(=O)c3ccccc32)cc1F. The van der Waals surface area contributed by atoms with Gasteiger partial charge in [-0.25, -0.2) is 9.18 Å². The molecule has 0 aliphatic carbocycles. The zero-order chi connectivity index (χ0) is 19.6. The number of nitrogens with zero attached hydrogens (tertiary/aromatic N) is 2. The summed E-state index contributed by atoms with van der Waals surface area (Å²) in [4.78, 5) is 25.8. The van der Waals surface area contributed by atoms with Crippen LogP contribution in [0, 0.1) is 11.7 Å². The van der Waals surface area contributed by atoms with E-state index in [9.17, 15) is 14.0 Å². The fourth-order valence-corrected chi connectivity index (χ4v) is 3.10. The van der Waals surface area contributed by atoms with Gasteiger partial charge in [0.25, 0.3) is 5.56 Å². The summed E-state index contributed by atoms with van der Waals surface area (Å²) in [5.41, 5.74) is 0.503. The van der Waals surface area contributed by atoms with Gasteiger partial charge in [-0.15, -0.1) is 0 Å². The number of para-hydroxylation sites is 1. The number of benzene rings is 2. The lowest BCUT2D eigenvalue weighted by atomic mass is 10.1. The van der Waals surface area contributed by atoms with Gasteiger partial charge in [0.2, 0.25) is 0 Å². The first-order valence-electron chi connectivity index (χ1n) is 8.97. The molecular formula is C21H23FN2O3. The second-order valence-electron chi connectivity index (χ2n) is 6.99. The van der Waals surface area contributed by atoms with Crippen molar-refractivity contribution in [3.05, 3.63) is 74.7 Å². The number of fused-ring (bicyclic) bond motifs is 1. The zero-order valence-corrected chi connectivity index (χ0v) is 15.7. The summed E-state index contributed by atoms with van der Waals surface area (Å²) in [5, 5.41) is 0.481. The van der Waals surface area contributed by atoms with Gasteiger partial charge in [-0.05, 0) is 42.2 Å². The Morgan fingerprint density at radius 3 is 2.48 bits per heavy atom. The smallest absolute Gasteiger partial charge is 0.331 e. The lowest BCUT2D eigenvalue weighted by Crippen LogP contribution is -2.40. The molecule has 0 aliphatic heterocycles. The summed E-state index contributed by atoms with van der Waals surface area (Å²) in [5.74, 6) is 0.0326. The highest BCUT2D eigenvalue weighted by Crippen LogP contribution is 2.19. The molecule has 3 aromatic rings. The van der Waals surface area contributed by atoms with Gasteiger partial charge in [-0.2, -0.15) is 0 Å². The minimum atomic E-state index is -0.486. The average molecular weight is 370 g/mol. The maximum absolute atomic E-state index is 14.1. The molecule has 0 unspecified atom stereocenters. The van der Waals surface area contributed by atoms with Crippen LogP contribution >= 0.6 is 0 Å². The van der Waals surface area contributed by atoms with E-state index in [1.807, 2.05) is 13.8 Å². The molecule has 0 aliphatic rings. The van der Waals surface area contributed by atoms with Crippen LogP contribution in [0.15, 0.2) is 52.1 Å². The molecule has 0 N–H and O–H groups in total. The summed E-state index contributed by atoms with van der Waals surface area (Å²) in [7, 11) is 1.40. The predicted octanol–water partition coefficient (Wildman–Crippen LogP) is 3.41. The monoisotopic (exact) mass is 370 g/mol. The first-order chi connectivity index (χ1) is 12.9. The van der Waals surface area contributed by atoms with Crippen LogP contribution in [0.25, 0.3) is 10.9 Å². The van der Waals surface area contributed by atoms with Crippen molar-refractivity contribution in [2.45, 2.75) is 33.4 Å². The molecule has 0 atom stereocenters. The van der Waals surface area contributed by atoms with Crippen molar-refractivity contribution >= 4 is 10.9 Å². The fourth-order valence-electron chi connectivity index (χ4n) is 3.10. The Balaban J connectivity index is 2.15. The molecule has 6 heteroatoms. The van der Waals surface area contributed by atoms with Gasteiger partial charge in [-0.1, -0.05) is 32.0 Å². The molecule has 2 aromatic carbocycles. The maximum atomic E-state index is 14.1. The Labute approximate surface area is 156 Å². The van der Waals surface area contributed by atoms with Crippen molar-refractivity contribution in [2.75, 3.05) is 7.11 Å². The van der Waals surface area contributed by atoms with Crippen LogP contribution in [-0.2, 0) is 13.1 Å². The number of halogens is 1. The molecule has 142 valence electrons. The Morgan fingerprint density at radius 2 is 1.81 bits per heavy atom. The third-order valence-electron chi connectivity index (χ3n) is 4.62. The van der Waals surface area contributed by atoms with E-state index in [0.29, 0.717) is 28.9 Å². The van der Waals surface area contributed by atoms with Crippen LogP contribution < -0.4 is 16.0 Å². The van der Waals surface area contributed by atoms with Crippen molar-refractivity contribution < 1.29 is 9.13 Å². The first-order valence-corrected chi connectivity index (χ1v) is 8.97. The Morgan fingerprint density at radius 1 is 1.07 bits per heavy atom. The van der Waals surface area contributed by atoms with Crippen molar-refractivity contribution in [1.29, 1.82) is 0 Å². The lowest BCUT2D eigenvalue weighted by molar-refractivity contribution is 0.386. The molecule has 3 rings (SSSR count). The van der Waals surface area contributed by atoms with Gasteiger partial charge in [0.15, 0.2) is 11.6 Å². The van der Waals surface area contributed by atoms with Crippen LogP contribution in [0.1, 0.15) is 25.8 Å². The van der Waals surface area contributed by atoms with Crippen LogP contribution in [0.5, 0.6) is 5.75 Å². The molecular weight excluding hydrogens is 347 g/mol. The summed E-state index contributed by atoms with van der Waals surface area (Å²) in [6, 6.07) is 11.6. The van der Waals surface area contributed by atoms with Crippen molar-refractivity contribution in [3.63, 3.8) is 0 Å². The van der Waals surface area contributed by atoms with E-state index in [2.05, 4.69) is 0 Å². The quantitative estimate of drug-likeness (QED) is 0.668. The van der Waals surface area contributed by atoms with E-state index in [-0.39, 0.29) is 23.5 Å². The topological polar surface area (TPSA) is 53.2 Å². The van der Waals surface area contributed by atoms with E-state index >= 15 is 0 Å². The molecule has 0 saturated heterocycles. The van der Waals surface area contributed by atoms with Crippen LogP contribution in [0.2, 0.25) is 0 Å². The number of hydrogen-bond donors (Lipinski definition) is 0. The third kappa shape index (κ3) is 3.79. The van der Waals surface area contributed by atoms with E-state index < -0.39 is 5.82 Å². The van der Waals surface area contributed by atoms with Crippen LogP contribution in [0.4, 0.5) is 4.39 Å². The van der Waals surface area contributed by atoms with Gasteiger partial charge >= 0.3 is 5.69 Å². The van der Waals surface area contributed by atoms with Crippen LogP contribution in [0.3, 0.4) is 0 Å². The molecule has 5 nitrogen and oxygen atoms in total. The largest absolute Gasteiger partial charge is 0.494 e. The first kappa shape index (κ1) is 18.9. The molecule has 0 amide bonds. The van der Waals surface area contributed by atoms with Crippen molar-refractivity contribution in [1.82, 2.24) is 9.13 Å². The minimum Gasteiger partial charge on any atom is -0.494 e. The normalized spacial score (nSPS) is 11.3. The zero-order valence-electron chi connectivity index (χ0n) is 15.7. The molecule has 0 radical (unpaired) electrons. The number of aromatic nitrogens is 2. The molecule has 1 aromatic heterocycles. The van der Waals surface area contributed by atoms with Gasteiger partial charge in [0, 0.05) is 6.54 Å². The highest BCUT2D eigenvalue weighted by atomic mass is 19.1. The van der Waals surface area contributed by atoms with E-state index in [1.165, 1.54) is 28.4 Å². The molecule has 0 fully saturated rings. The van der Waals surface area contributed by atoms with Gasteiger partial charge in [0.1, 0.15) is 0 Å². The van der Waals surface area contributed by atoms with Gasteiger partial charge in [0.05, 0.1) is 24.6 Å². The number of hydrogen-bond acceptors (Lipinski definition) is 3. The number of ether oxygens (including phenoxy) is 1. The van der Waals surface area contributed by atoms with Crippen molar-refractivity contribution in [2.24, 2.45) is 5.92 Å². The summed E-state index contributed by atoms with van der Waals surface area (Å²) in [6.45, 7) is 4.62. The fraction of sp³-hybridized carbons (Fsp3) is 0.333. The molecule has 0 bridgehead atoms. The van der Waals surface area contributed by atoms with Gasteiger partial charge < -0.3 is 4.74 Å². The van der Waals surface area contributed by atoms with Gasteiger partial charge in [-0.3, -0.25) is 13.9 Å². The van der Waals surface area contributed by atoms with Crippen LogP contribution in [-0.4, -0.2) is 16.2 Å². The summed E-state index contributed by atoms with van der Waals surface area (Å²) < 4.78 is 21.8. The Hall–Kier alpha value is -2.89.